The average molecular weight is 202 g/mol. The lowest BCUT2D eigenvalue weighted by Gasteiger charge is -2.01. The van der Waals surface area contributed by atoms with Crippen LogP contribution in [0.5, 0.6) is 0 Å². The standard InChI is InChI=1S/C13H18N2/c1-10(14)3-2-4-11-5-6-12-7-8-15-13(12)9-11/h2,4-6,9-10,15H,3,7-8,14H2,1H3. The van der Waals surface area contributed by atoms with Crippen LogP contribution in [0.2, 0.25) is 0 Å². The predicted octanol–water partition coefficient (Wildman–Crippen LogP) is 2.41. The molecular weight excluding hydrogens is 184 g/mol. The first-order chi connectivity index (χ1) is 7.25. The summed E-state index contributed by atoms with van der Waals surface area (Å²) >= 11 is 0. The Kier molecular flexibility index (Phi) is 3.07. The minimum atomic E-state index is 0.244. The zero-order valence-corrected chi connectivity index (χ0v) is 9.16. The molecule has 80 valence electrons. The zero-order chi connectivity index (χ0) is 10.7. The van der Waals surface area contributed by atoms with E-state index in [0.717, 1.165) is 19.4 Å². The smallest absolute Gasteiger partial charge is 0.0379 e. The topological polar surface area (TPSA) is 38.0 Å². The summed E-state index contributed by atoms with van der Waals surface area (Å²) < 4.78 is 0. The molecule has 1 heterocycles. The molecule has 2 rings (SSSR count). The maximum atomic E-state index is 5.68. The largest absolute Gasteiger partial charge is 0.384 e. The van der Waals surface area contributed by atoms with Crippen LogP contribution in [0.3, 0.4) is 0 Å². The van der Waals surface area contributed by atoms with Gasteiger partial charge in [-0.3, -0.25) is 0 Å². The van der Waals surface area contributed by atoms with Crippen LogP contribution in [0.25, 0.3) is 6.08 Å². The summed E-state index contributed by atoms with van der Waals surface area (Å²) in [7, 11) is 0. The fourth-order valence-corrected chi connectivity index (χ4v) is 1.83. The third kappa shape index (κ3) is 2.60. The molecule has 0 amide bonds. The van der Waals surface area contributed by atoms with Gasteiger partial charge < -0.3 is 11.1 Å². The van der Waals surface area contributed by atoms with Crippen LogP contribution < -0.4 is 11.1 Å². The molecule has 0 aliphatic carbocycles. The van der Waals surface area contributed by atoms with Crippen molar-refractivity contribution in [2.75, 3.05) is 11.9 Å². The molecule has 1 atom stereocenters. The second kappa shape index (κ2) is 4.49. The molecule has 0 aromatic heterocycles. The quantitative estimate of drug-likeness (QED) is 0.790. The molecule has 0 saturated carbocycles. The van der Waals surface area contributed by atoms with Crippen molar-refractivity contribution in [2.45, 2.75) is 25.8 Å². The Balaban J connectivity index is 2.07. The number of hydrogen-bond acceptors (Lipinski definition) is 2. The van der Waals surface area contributed by atoms with Crippen molar-refractivity contribution in [2.24, 2.45) is 5.73 Å². The van der Waals surface area contributed by atoms with Gasteiger partial charge in [0.1, 0.15) is 0 Å². The summed E-state index contributed by atoms with van der Waals surface area (Å²) in [5, 5.41) is 3.38. The van der Waals surface area contributed by atoms with Crippen LogP contribution in [0, 0.1) is 0 Å². The van der Waals surface area contributed by atoms with Crippen LogP contribution in [0.4, 0.5) is 5.69 Å². The molecule has 1 unspecified atom stereocenters. The maximum Gasteiger partial charge on any atom is 0.0379 e. The SMILES string of the molecule is CC(N)CC=Cc1ccc2c(c1)NCC2. The molecule has 3 N–H and O–H groups in total. The van der Waals surface area contributed by atoms with Crippen LogP contribution in [-0.2, 0) is 6.42 Å². The normalized spacial score (nSPS) is 16.4. The van der Waals surface area contributed by atoms with E-state index >= 15 is 0 Å². The number of anilines is 1. The second-order valence-corrected chi connectivity index (χ2v) is 4.21. The van der Waals surface area contributed by atoms with E-state index < -0.39 is 0 Å². The summed E-state index contributed by atoms with van der Waals surface area (Å²) in [6, 6.07) is 6.83. The van der Waals surface area contributed by atoms with Gasteiger partial charge in [-0.25, -0.2) is 0 Å². The number of rotatable bonds is 3. The Morgan fingerprint density at radius 1 is 1.53 bits per heavy atom. The van der Waals surface area contributed by atoms with Gasteiger partial charge in [0.2, 0.25) is 0 Å². The number of benzene rings is 1. The van der Waals surface area contributed by atoms with Crippen molar-refractivity contribution in [3.8, 4) is 0 Å². The maximum absolute atomic E-state index is 5.68. The predicted molar refractivity (Wildman–Crippen MR) is 65.9 cm³/mol. The highest BCUT2D eigenvalue weighted by atomic mass is 14.9. The number of hydrogen-bond donors (Lipinski definition) is 2. The van der Waals surface area contributed by atoms with Gasteiger partial charge in [0, 0.05) is 18.3 Å². The molecule has 15 heavy (non-hydrogen) atoms. The van der Waals surface area contributed by atoms with Crippen molar-refractivity contribution >= 4 is 11.8 Å². The van der Waals surface area contributed by atoms with E-state index in [-0.39, 0.29) is 6.04 Å². The van der Waals surface area contributed by atoms with Crippen molar-refractivity contribution < 1.29 is 0 Å². The average Bonchev–Trinajstić information content (AvgIpc) is 2.64. The molecule has 1 aliphatic heterocycles. The molecule has 0 spiro atoms. The van der Waals surface area contributed by atoms with Crippen molar-refractivity contribution in [1.82, 2.24) is 0 Å². The first kappa shape index (κ1) is 10.2. The lowest BCUT2D eigenvalue weighted by atomic mass is 10.1. The highest BCUT2D eigenvalue weighted by Gasteiger charge is 2.08. The van der Waals surface area contributed by atoms with Crippen molar-refractivity contribution in [3.05, 3.63) is 35.4 Å². The molecule has 1 aliphatic rings. The van der Waals surface area contributed by atoms with Gasteiger partial charge in [-0.2, -0.15) is 0 Å². The number of fused-ring (bicyclic) bond motifs is 1. The van der Waals surface area contributed by atoms with Crippen molar-refractivity contribution in [1.29, 1.82) is 0 Å². The molecule has 0 bridgehead atoms. The van der Waals surface area contributed by atoms with Crippen LogP contribution in [0.15, 0.2) is 24.3 Å². The molecule has 0 saturated heterocycles. The Morgan fingerprint density at radius 2 is 2.40 bits per heavy atom. The minimum Gasteiger partial charge on any atom is -0.384 e. The summed E-state index contributed by atoms with van der Waals surface area (Å²) in [5.74, 6) is 0. The molecule has 1 aromatic carbocycles. The zero-order valence-electron chi connectivity index (χ0n) is 9.16. The molecule has 2 nitrogen and oxygen atoms in total. The summed E-state index contributed by atoms with van der Waals surface area (Å²) in [6.07, 6.45) is 6.37. The monoisotopic (exact) mass is 202 g/mol. The van der Waals surface area contributed by atoms with Gasteiger partial charge in [0.15, 0.2) is 0 Å². The summed E-state index contributed by atoms with van der Waals surface area (Å²) in [5.41, 5.74) is 9.66. The molecule has 1 aromatic rings. The third-order valence-corrected chi connectivity index (χ3v) is 2.66. The fourth-order valence-electron chi connectivity index (χ4n) is 1.83. The van der Waals surface area contributed by atoms with Gasteiger partial charge >= 0.3 is 0 Å². The molecule has 2 heteroatoms. The Bertz CT molecular complexity index is 367. The van der Waals surface area contributed by atoms with Gasteiger partial charge in [-0.1, -0.05) is 24.3 Å². The number of nitrogens with two attached hydrogens (primary N) is 1. The van der Waals surface area contributed by atoms with E-state index in [1.54, 1.807) is 0 Å². The Morgan fingerprint density at radius 3 is 3.20 bits per heavy atom. The van der Waals surface area contributed by atoms with Crippen LogP contribution in [0.1, 0.15) is 24.5 Å². The fraction of sp³-hybridized carbons (Fsp3) is 0.385. The van der Waals surface area contributed by atoms with Crippen LogP contribution in [-0.4, -0.2) is 12.6 Å². The number of nitrogens with one attached hydrogen (secondary N) is 1. The van der Waals surface area contributed by atoms with E-state index in [1.807, 2.05) is 6.92 Å². The minimum absolute atomic E-state index is 0.244. The van der Waals surface area contributed by atoms with Crippen LogP contribution >= 0.6 is 0 Å². The molecule has 0 fully saturated rings. The summed E-state index contributed by atoms with van der Waals surface area (Å²) in [6.45, 7) is 3.09. The second-order valence-electron chi connectivity index (χ2n) is 4.21. The molecule has 0 radical (unpaired) electrons. The van der Waals surface area contributed by atoms with Gasteiger partial charge in [-0.05, 0) is 37.0 Å². The lowest BCUT2D eigenvalue weighted by Crippen LogP contribution is -2.12. The summed E-state index contributed by atoms with van der Waals surface area (Å²) in [4.78, 5) is 0. The first-order valence-electron chi connectivity index (χ1n) is 5.54. The van der Waals surface area contributed by atoms with Crippen molar-refractivity contribution in [3.63, 3.8) is 0 Å². The van der Waals surface area contributed by atoms with E-state index in [9.17, 15) is 0 Å². The molecular formula is C13H18N2. The highest BCUT2D eigenvalue weighted by Crippen LogP contribution is 2.23. The lowest BCUT2D eigenvalue weighted by molar-refractivity contribution is 0.759. The Labute approximate surface area is 91.2 Å². The van der Waals surface area contributed by atoms with E-state index in [0.29, 0.717) is 0 Å². The highest BCUT2D eigenvalue weighted by molar-refractivity contribution is 5.63. The van der Waals surface area contributed by atoms with E-state index in [4.69, 9.17) is 5.73 Å². The van der Waals surface area contributed by atoms with Gasteiger partial charge in [-0.15, -0.1) is 0 Å². The first-order valence-corrected chi connectivity index (χ1v) is 5.54. The van der Waals surface area contributed by atoms with E-state index in [2.05, 4.69) is 35.7 Å². The Hall–Kier alpha value is -1.28. The van der Waals surface area contributed by atoms with Gasteiger partial charge in [0.05, 0.1) is 0 Å². The third-order valence-electron chi connectivity index (χ3n) is 2.66. The van der Waals surface area contributed by atoms with E-state index in [1.165, 1.54) is 16.8 Å². The van der Waals surface area contributed by atoms with Gasteiger partial charge in [0.25, 0.3) is 0 Å².